The van der Waals surface area contributed by atoms with Crippen molar-refractivity contribution in [2.75, 3.05) is 11.9 Å². The topological polar surface area (TPSA) is 118 Å². The van der Waals surface area contributed by atoms with Crippen LogP contribution in [0.4, 0.5) is 11.4 Å². The van der Waals surface area contributed by atoms with Crippen LogP contribution in [0.25, 0.3) is 17.4 Å². The molecular weight excluding hydrogens is 410 g/mol. The summed E-state index contributed by atoms with van der Waals surface area (Å²) < 4.78 is 11.1. The molecule has 3 rings (SSSR count). The Labute approximate surface area is 184 Å². The standard InChI is InChI=1S/C24H21N3O5/c1-4-31-20-7-5-6-19(13-20)26-24(28)18(14-25)11-21-8-9-23(32-21)17-10-15(2)16(3)22(12-17)27(29)30/h5-13H,4H2,1-3H3,(H,26,28)/b18-11-. The zero-order valence-corrected chi connectivity index (χ0v) is 17.8. The molecular formula is C24H21N3O5. The second kappa shape index (κ2) is 9.62. The highest BCUT2D eigenvalue weighted by Crippen LogP contribution is 2.31. The maximum absolute atomic E-state index is 12.5. The summed E-state index contributed by atoms with van der Waals surface area (Å²) in [5, 5.41) is 23.4. The number of rotatable bonds is 7. The third kappa shape index (κ3) is 5.02. The smallest absolute Gasteiger partial charge is 0.273 e. The number of nitrogens with one attached hydrogen (secondary N) is 1. The molecule has 1 aromatic heterocycles. The van der Waals surface area contributed by atoms with Crippen molar-refractivity contribution >= 4 is 23.4 Å². The van der Waals surface area contributed by atoms with Gasteiger partial charge >= 0.3 is 0 Å². The van der Waals surface area contributed by atoms with Crippen molar-refractivity contribution in [1.29, 1.82) is 5.26 Å². The van der Waals surface area contributed by atoms with Crippen LogP contribution in [0.1, 0.15) is 23.8 Å². The fraction of sp³-hybridized carbons (Fsp3) is 0.167. The number of nitro groups is 1. The number of nitrogens with zero attached hydrogens (tertiary/aromatic N) is 2. The lowest BCUT2D eigenvalue weighted by atomic mass is 10.0. The normalized spacial score (nSPS) is 11.0. The molecule has 0 fully saturated rings. The van der Waals surface area contributed by atoms with Crippen LogP contribution in [-0.2, 0) is 4.79 Å². The van der Waals surface area contributed by atoms with E-state index in [0.29, 0.717) is 34.9 Å². The average Bonchev–Trinajstić information content (AvgIpc) is 3.22. The highest BCUT2D eigenvalue weighted by molar-refractivity contribution is 6.09. The lowest BCUT2D eigenvalue weighted by Crippen LogP contribution is -2.13. The Kier molecular flexibility index (Phi) is 6.71. The SMILES string of the molecule is CCOc1cccc(NC(=O)/C(C#N)=C\c2ccc(-c3cc(C)c(C)c([N+](=O)[O-])c3)o2)c1. The fourth-order valence-corrected chi connectivity index (χ4v) is 3.08. The van der Waals surface area contributed by atoms with Gasteiger partial charge in [-0.25, -0.2) is 0 Å². The van der Waals surface area contributed by atoms with E-state index in [0.717, 1.165) is 5.56 Å². The maximum atomic E-state index is 12.5. The van der Waals surface area contributed by atoms with Gasteiger partial charge in [-0.1, -0.05) is 6.07 Å². The van der Waals surface area contributed by atoms with E-state index in [4.69, 9.17) is 9.15 Å². The summed E-state index contributed by atoms with van der Waals surface area (Å²) in [6, 6.07) is 15.2. The van der Waals surface area contributed by atoms with Crippen molar-refractivity contribution in [3.63, 3.8) is 0 Å². The number of anilines is 1. The van der Waals surface area contributed by atoms with E-state index < -0.39 is 10.8 Å². The predicted octanol–water partition coefficient (Wildman–Crippen LogP) is 5.42. The lowest BCUT2D eigenvalue weighted by molar-refractivity contribution is -0.385. The van der Waals surface area contributed by atoms with Gasteiger partial charge < -0.3 is 14.5 Å². The van der Waals surface area contributed by atoms with Gasteiger partial charge in [0.2, 0.25) is 0 Å². The number of aryl methyl sites for hydroxylation is 1. The maximum Gasteiger partial charge on any atom is 0.273 e. The molecule has 0 aliphatic heterocycles. The summed E-state index contributed by atoms with van der Waals surface area (Å²) in [4.78, 5) is 23.4. The van der Waals surface area contributed by atoms with Gasteiger partial charge in [0, 0.05) is 35.0 Å². The van der Waals surface area contributed by atoms with Gasteiger partial charge in [-0.15, -0.1) is 0 Å². The first-order chi connectivity index (χ1) is 15.3. The second-order valence-electron chi connectivity index (χ2n) is 6.98. The van der Waals surface area contributed by atoms with Gasteiger partial charge in [-0.05, 0) is 56.7 Å². The molecule has 1 heterocycles. The first kappa shape index (κ1) is 22.3. The summed E-state index contributed by atoms with van der Waals surface area (Å²) in [6.07, 6.45) is 1.32. The minimum atomic E-state index is -0.596. The molecule has 8 nitrogen and oxygen atoms in total. The van der Waals surface area contributed by atoms with E-state index >= 15 is 0 Å². The number of furan rings is 1. The molecule has 0 radical (unpaired) electrons. The zero-order chi connectivity index (χ0) is 23.3. The molecule has 1 N–H and O–H groups in total. The fourth-order valence-electron chi connectivity index (χ4n) is 3.08. The van der Waals surface area contributed by atoms with Crippen LogP contribution in [0, 0.1) is 35.3 Å². The summed E-state index contributed by atoms with van der Waals surface area (Å²) in [7, 11) is 0. The van der Waals surface area contributed by atoms with Gasteiger partial charge in [0.25, 0.3) is 11.6 Å². The van der Waals surface area contributed by atoms with Crippen molar-refractivity contribution in [3.05, 3.63) is 81.1 Å². The Hall–Kier alpha value is -4.38. The molecule has 0 unspecified atom stereocenters. The van der Waals surface area contributed by atoms with Gasteiger partial charge in [-0.2, -0.15) is 5.26 Å². The quantitative estimate of drug-likeness (QED) is 0.231. The molecule has 0 aliphatic rings. The number of ether oxygens (including phenoxy) is 1. The third-order valence-electron chi connectivity index (χ3n) is 4.80. The van der Waals surface area contributed by atoms with Crippen molar-refractivity contribution in [3.8, 4) is 23.1 Å². The van der Waals surface area contributed by atoms with Crippen LogP contribution in [0.2, 0.25) is 0 Å². The number of carbonyl (C=O) groups is 1. The minimum Gasteiger partial charge on any atom is -0.494 e. The van der Waals surface area contributed by atoms with Crippen LogP contribution in [-0.4, -0.2) is 17.4 Å². The first-order valence-corrected chi connectivity index (χ1v) is 9.84. The molecule has 0 aliphatic carbocycles. The molecule has 162 valence electrons. The van der Waals surface area contributed by atoms with E-state index in [-0.39, 0.29) is 17.0 Å². The van der Waals surface area contributed by atoms with Crippen molar-refractivity contribution in [1.82, 2.24) is 0 Å². The highest BCUT2D eigenvalue weighted by Gasteiger charge is 2.17. The van der Waals surface area contributed by atoms with Gasteiger partial charge in [-0.3, -0.25) is 14.9 Å². The van der Waals surface area contributed by atoms with Crippen LogP contribution in [0.3, 0.4) is 0 Å². The molecule has 1 amide bonds. The van der Waals surface area contributed by atoms with Crippen LogP contribution in [0.15, 0.2) is 58.5 Å². The van der Waals surface area contributed by atoms with Gasteiger partial charge in [0.1, 0.15) is 28.9 Å². The molecule has 0 spiro atoms. The largest absolute Gasteiger partial charge is 0.494 e. The molecule has 2 aromatic carbocycles. The molecule has 3 aromatic rings. The number of benzene rings is 2. The summed E-state index contributed by atoms with van der Waals surface area (Å²) in [5.74, 6) is 0.673. The van der Waals surface area contributed by atoms with Crippen molar-refractivity contribution in [2.24, 2.45) is 0 Å². The Morgan fingerprint density at radius 2 is 2.03 bits per heavy atom. The van der Waals surface area contributed by atoms with Crippen molar-refractivity contribution < 1.29 is 18.9 Å². The molecule has 0 bridgehead atoms. The third-order valence-corrected chi connectivity index (χ3v) is 4.80. The summed E-state index contributed by atoms with van der Waals surface area (Å²) >= 11 is 0. The average molecular weight is 431 g/mol. The Balaban J connectivity index is 1.84. The van der Waals surface area contributed by atoms with Gasteiger partial charge in [0.05, 0.1) is 11.5 Å². The molecule has 0 saturated heterocycles. The molecule has 32 heavy (non-hydrogen) atoms. The monoisotopic (exact) mass is 431 g/mol. The van der Waals surface area contributed by atoms with E-state index in [2.05, 4.69) is 5.32 Å². The number of nitriles is 1. The first-order valence-electron chi connectivity index (χ1n) is 9.84. The summed E-state index contributed by atoms with van der Waals surface area (Å²) in [5.41, 5.74) is 2.22. The Morgan fingerprint density at radius 1 is 1.25 bits per heavy atom. The van der Waals surface area contributed by atoms with E-state index in [1.165, 1.54) is 12.1 Å². The minimum absolute atomic E-state index is 0.000123. The van der Waals surface area contributed by atoms with Gasteiger partial charge in [0.15, 0.2) is 0 Å². The number of nitro benzene ring substituents is 1. The van der Waals surface area contributed by atoms with E-state index in [1.807, 2.05) is 13.0 Å². The molecule has 8 heteroatoms. The second-order valence-corrected chi connectivity index (χ2v) is 6.98. The number of amides is 1. The number of carbonyl (C=O) groups excluding carboxylic acids is 1. The van der Waals surface area contributed by atoms with Crippen LogP contribution >= 0.6 is 0 Å². The number of hydrogen-bond donors (Lipinski definition) is 1. The van der Waals surface area contributed by atoms with Crippen molar-refractivity contribution in [2.45, 2.75) is 20.8 Å². The molecule has 0 saturated carbocycles. The highest BCUT2D eigenvalue weighted by atomic mass is 16.6. The predicted molar refractivity (Wildman–Crippen MR) is 120 cm³/mol. The van der Waals surface area contributed by atoms with Crippen LogP contribution < -0.4 is 10.1 Å². The van der Waals surface area contributed by atoms with E-state index in [9.17, 15) is 20.2 Å². The zero-order valence-electron chi connectivity index (χ0n) is 17.8. The lowest BCUT2D eigenvalue weighted by Gasteiger charge is -2.07. The molecule has 0 atom stereocenters. The van der Waals surface area contributed by atoms with E-state index in [1.54, 1.807) is 56.3 Å². The van der Waals surface area contributed by atoms with Crippen LogP contribution in [0.5, 0.6) is 5.75 Å². The Morgan fingerprint density at radius 3 is 2.72 bits per heavy atom. The summed E-state index contributed by atoms with van der Waals surface area (Å²) in [6.45, 7) is 5.82. The Bertz CT molecular complexity index is 1250. The number of hydrogen-bond acceptors (Lipinski definition) is 6.